The number of H-pyrrole nitrogens is 1. The van der Waals surface area contributed by atoms with E-state index in [0.717, 1.165) is 24.5 Å². The molecule has 0 aliphatic carbocycles. The molecule has 0 bridgehead atoms. The van der Waals surface area contributed by atoms with Crippen LogP contribution in [0.25, 0.3) is 0 Å². The average Bonchev–Trinajstić information content (AvgIpc) is 2.43. The number of aromatic amines is 1. The second-order valence-corrected chi connectivity index (χ2v) is 4.68. The fourth-order valence-corrected chi connectivity index (χ4v) is 1.84. The molecule has 0 aliphatic heterocycles. The highest BCUT2D eigenvalue weighted by molar-refractivity contribution is 9.10. The van der Waals surface area contributed by atoms with E-state index >= 15 is 0 Å². The summed E-state index contributed by atoms with van der Waals surface area (Å²) < 4.78 is 37.8. The molecule has 1 heterocycles. The molecule has 21 heavy (non-hydrogen) atoms. The molecule has 0 amide bonds. The quantitative estimate of drug-likeness (QED) is 0.863. The third-order valence-corrected chi connectivity index (χ3v) is 3.25. The smallest absolute Gasteiger partial charge is 0.338 e. The summed E-state index contributed by atoms with van der Waals surface area (Å²) in [5.74, 6) is 0.0926. The molecule has 108 valence electrons. The molecule has 0 atom stereocenters. The molecule has 0 unspecified atom stereocenters. The molecular weight excluding hydrogens is 353 g/mol. The fraction of sp³-hybridized carbons (Fsp3) is 0.0833. The Morgan fingerprint density at radius 1 is 1.38 bits per heavy atom. The fourth-order valence-electron chi connectivity index (χ4n) is 1.52. The van der Waals surface area contributed by atoms with E-state index in [1.165, 1.54) is 0 Å². The van der Waals surface area contributed by atoms with Crippen LogP contribution in [0.3, 0.4) is 0 Å². The highest BCUT2D eigenvalue weighted by Crippen LogP contribution is 2.32. The van der Waals surface area contributed by atoms with E-state index < -0.39 is 17.3 Å². The van der Waals surface area contributed by atoms with Crippen molar-refractivity contribution >= 4 is 27.4 Å². The molecule has 5 nitrogen and oxygen atoms in total. The van der Waals surface area contributed by atoms with Crippen LogP contribution in [0.1, 0.15) is 11.1 Å². The van der Waals surface area contributed by atoms with Gasteiger partial charge in [0.15, 0.2) is 5.82 Å². The largest absolute Gasteiger partial charge is 0.416 e. The summed E-state index contributed by atoms with van der Waals surface area (Å²) in [6.07, 6.45) is -3.40. The lowest BCUT2D eigenvalue weighted by atomic mass is 10.1. The maximum absolute atomic E-state index is 12.6. The summed E-state index contributed by atoms with van der Waals surface area (Å²) >= 11 is 3.00. The second kappa shape index (κ2) is 5.57. The van der Waals surface area contributed by atoms with Gasteiger partial charge in [0.1, 0.15) is 10.5 Å². The molecule has 0 aliphatic rings. The molecule has 2 aromatic rings. The van der Waals surface area contributed by atoms with Crippen LogP contribution < -0.4 is 10.9 Å². The Labute approximate surface area is 124 Å². The number of benzene rings is 1. The number of alkyl halides is 3. The van der Waals surface area contributed by atoms with Crippen LogP contribution >= 0.6 is 15.9 Å². The highest BCUT2D eigenvalue weighted by atomic mass is 79.9. The lowest BCUT2D eigenvalue weighted by Crippen LogP contribution is -2.11. The van der Waals surface area contributed by atoms with E-state index in [1.54, 1.807) is 6.07 Å². The zero-order valence-corrected chi connectivity index (χ0v) is 11.7. The van der Waals surface area contributed by atoms with Crippen molar-refractivity contribution in [1.29, 1.82) is 5.26 Å². The van der Waals surface area contributed by atoms with Crippen LogP contribution in [0, 0.1) is 11.3 Å². The topological polar surface area (TPSA) is 81.6 Å². The number of anilines is 2. The summed E-state index contributed by atoms with van der Waals surface area (Å²) in [5, 5.41) is 11.6. The molecular formula is C12H6BrF3N4O. The number of nitrogens with zero attached hydrogens (tertiary/aromatic N) is 2. The van der Waals surface area contributed by atoms with Crippen LogP contribution in [-0.2, 0) is 6.18 Å². The molecule has 0 spiro atoms. The number of halogens is 4. The SMILES string of the molecule is N#Cc1cc(C(F)(F)F)ccc1Nc1nc[nH]c(=O)c1Br. The van der Waals surface area contributed by atoms with Gasteiger partial charge >= 0.3 is 6.18 Å². The maximum Gasteiger partial charge on any atom is 0.416 e. The van der Waals surface area contributed by atoms with Gasteiger partial charge in [0.25, 0.3) is 5.56 Å². The van der Waals surface area contributed by atoms with Crippen molar-refractivity contribution in [2.45, 2.75) is 6.18 Å². The Morgan fingerprint density at radius 3 is 2.71 bits per heavy atom. The van der Waals surface area contributed by atoms with Gasteiger partial charge in [-0.1, -0.05) is 0 Å². The van der Waals surface area contributed by atoms with Crippen LogP contribution in [0.15, 0.2) is 33.8 Å². The predicted octanol–water partition coefficient (Wildman–Crippen LogP) is 3.17. The summed E-state index contributed by atoms with van der Waals surface area (Å²) in [6.45, 7) is 0. The second-order valence-electron chi connectivity index (χ2n) is 3.89. The van der Waals surface area contributed by atoms with Crippen molar-refractivity contribution < 1.29 is 13.2 Å². The molecule has 0 saturated heterocycles. The molecule has 0 saturated carbocycles. The van der Waals surface area contributed by atoms with E-state index in [1.807, 2.05) is 0 Å². The van der Waals surface area contributed by atoms with Crippen LogP contribution in [-0.4, -0.2) is 9.97 Å². The molecule has 0 fully saturated rings. The first-order valence-corrected chi connectivity index (χ1v) is 6.24. The molecule has 1 aromatic carbocycles. The Kier molecular flexibility index (Phi) is 3.99. The number of nitriles is 1. The number of hydrogen-bond acceptors (Lipinski definition) is 4. The van der Waals surface area contributed by atoms with Gasteiger partial charge in [-0.2, -0.15) is 18.4 Å². The average molecular weight is 359 g/mol. The van der Waals surface area contributed by atoms with Gasteiger partial charge in [0.05, 0.1) is 23.1 Å². The molecule has 0 radical (unpaired) electrons. The van der Waals surface area contributed by atoms with Gasteiger partial charge < -0.3 is 10.3 Å². The van der Waals surface area contributed by atoms with Crippen LogP contribution in [0.4, 0.5) is 24.7 Å². The summed E-state index contributed by atoms with van der Waals surface area (Å²) in [5.41, 5.74) is -1.48. The zero-order valence-electron chi connectivity index (χ0n) is 10.1. The van der Waals surface area contributed by atoms with Gasteiger partial charge in [-0.25, -0.2) is 4.98 Å². The first-order chi connectivity index (χ1) is 9.82. The Bertz CT molecular complexity index is 779. The minimum Gasteiger partial charge on any atom is -0.338 e. The van der Waals surface area contributed by atoms with Crippen molar-refractivity contribution in [2.75, 3.05) is 5.32 Å². The predicted molar refractivity (Wildman–Crippen MR) is 72.0 cm³/mol. The normalized spacial score (nSPS) is 11.0. The van der Waals surface area contributed by atoms with E-state index in [0.29, 0.717) is 0 Å². The van der Waals surface area contributed by atoms with Crippen molar-refractivity contribution in [1.82, 2.24) is 9.97 Å². The lowest BCUT2D eigenvalue weighted by molar-refractivity contribution is -0.137. The third kappa shape index (κ3) is 3.22. The van der Waals surface area contributed by atoms with Crippen molar-refractivity contribution in [3.8, 4) is 6.07 Å². The number of aromatic nitrogens is 2. The lowest BCUT2D eigenvalue weighted by Gasteiger charge is -2.11. The Balaban J connectivity index is 2.44. The maximum atomic E-state index is 12.6. The number of hydrogen-bond donors (Lipinski definition) is 2. The van der Waals surface area contributed by atoms with E-state index in [2.05, 4.69) is 31.2 Å². The van der Waals surface area contributed by atoms with Crippen molar-refractivity contribution in [3.63, 3.8) is 0 Å². The minimum absolute atomic E-state index is 0.0776. The van der Waals surface area contributed by atoms with Gasteiger partial charge in [0, 0.05) is 0 Å². The Morgan fingerprint density at radius 2 is 2.10 bits per heavy atom. The zero-order chi connectivity index (χ0) is 15.6. The van der Waals surface area contributed by atoms with Gasteiger partial charge in [-0.05, 0) is 34.1 Å². The monoisotopic (exact) mass is 358 g/mol. The molecule has 2 N–H and O–H groups in total. The van der Waals surface area contributed by atoms with Gasteiger partial charge in [0.2, 0.25) is 0 Å². The van der Waals surface area contributed by atoms with E-state index in [4.69, 9.17) is 5.26 Å². The number of nitrogens with one attached hydrogen (secondary N) is 2. The van der Waals surface area contributed by atoms with Gasteiger partial charge in [-0.3, -0.25) is 4.79 Å². The Hall–Kier alpha value is -2.34. The molecule has 9 heteroatoms. The molecule has 1 aromatic heterocycles. The van der Waals surface area contributed by atoms with Gasteiger partial charge in [-0.15, -0.1) is 0 Å². The van der Waals surface area contributed by atoms with E-state index in [-0.39, 0.29) is 21.5 Å². The third-order valence-electron chi connectivity index (χ3n) is 2.52. The standard InChI is InChI=1S/C12H6BrF3N4O/c13-9-10(18-5-19-11(9)21)20-8-2-1-7(12(14,15)16)3-6(8)4-17/h1-3,5H,(H2,18,19,20,21). The van der Waals surface area contributed by atoms with E-state index in [9.17, 15) is 18.0 Å². The van der Waals surface area contributed by atoms with Crippen LogP contribution in [0.5, 0.6) is 0 Å². The van der Waals surface area contributed by atoms with Crippen LogP contribution in [0.2, 0.25) is 0 Å². The summed E-state index contributed by atoms with van der Waals surface area (Å²) in [7, 11) is 0. The first kappa shape index (κ1) is 15.1. The first-order valence-electron chi connectivity index (χ1n) is 5.44. The summed E-state index contributed by atoms with van der Waals surface area (Å²) in [4.78, 5) is 17.5. The number of rotatable bonds is 2. The van der Waals surface area contributed by atoms with Crippen molar-refractivity contribution in [3.05, 3.63) is 50.5 Å². The highest BCUT2D eigenvalue weighted by Gasteiger charge is 2.31. The van der Waals surface area contributed by atoms with Crippen molar-refractivity contribution in [2.24, 2.45) is 0 Å². The minimum atomic E-state index is -4.53. The summed E-state index contributed by atoms with van der Waals surface area (Å²) in [6, 6.07) is 4.34. The molecule has 2 rings (SSSR count).